The summed E-state index contributed by atoms with van der Waals surface area (Å²) in [5, 5.41) is 2.98. The van der Waals surface area contributed by atoms with Gasteiger partial charge in [0.1, 0.15) is 11.3 Å². The van der Waals surface area contributed by atoms with E-state index in [0.717, 1.165) is 15.2 Å². The molecule has 0 unspecified atom stereocenters. The van der Waals surface area contributed by atoms with Crippen LogP contribution in [0, 0.1) is 0 Å². The zero-order valence-electron chi connectivity index (χ0n) is 15.7. The lowest BCUT2D eigenvalue weighted by Crippen LogP contribution is -2.40. The topological polar surface area (TPSA) is 86.0 Å². The first-order valence-corrected chi connectivity index (χ1v) is 9.15. The number of hydrogen-bond donors (Lipinski definition) is 1. The third kappa shape index (κ3) is 4.38. The average molecular weight is 441 g/mol. The van der Waals surface area contributed by atoms with Gasteiger partial charge in [-0.05, 0) is 23.8 Å². The van der Waals surface area contributed by atoms with E-state index >= 15 is 0 Å². The van der Waals surface area contributed by atoms with Crippen LogP contribution >= 0.6 is 11.6 Å². The first-order chi connectivity index (χ1) is 14.1. The van der Waals surface area contributed by atoms with Crippen LogP contribution in [0.4, 0.5) is 13.2 Å². The van der Waals surface area contributed by atoms with Crippen molar-refractivity contribution in [1.29, 1.82) is 0 Å². The highest BCUT2D eigenvalue weighted by molar-refractivity contribution is 6.31. The Balaban J connectivity index is 1.81. The van der Waals surface area contributed by atoms with Crippen LogP contribution in [-0.2, 0) is 31.1 Å². The number of pyridine rings is 1. The third-order valence-electron chi connectivity index (χ3n) is 4.47. The van der Waals surface area contributed by atoms with Crippen LogP contribution in [0.25, 0.3) is 11.0 Å². The molecule has 0 saturated carbocycles. The predicted octanol–water partition coefficient (Wildman–Crippen LogP) is 2.47. The number of carbonyl (C=O) groups is 1. The number of nitrogens with zero attached hydrogens (tertiary/aromatic N) is 3. The zero-order chi connectivity index (χ0) is 22.1. The molecule has 0 atom stereocenters. The number of benzene rings is 1. The number of rotatable bonds is 5. The van der Waals surface area contributed by atoms with Crippen molar-refractivity contribution in [3.63, 3.8) is 0 Å². The summed E-state index contributed by atoms with van der Waals surface area (Å²) in [7, 11) is 1.21. The quantitative estimate of drug-likeness (QED) is 0.660. The van der Waals surface area contributed by atoms with Gasteiger partial charge in [0.2, 0.25) is 5.91 Å². The van der Waals surface area contributed by atoms with Gasteiger partial charge in [0.15, 0.2) is 0 Å². The lowest BCUT2D eigenvalue weighted by atomic mass is 10.2. The van der Waals surface area contributed by atoms with Crippen LogP contribution in [0.1, 0.15) is 17.7 Å². The van der Waals surface area contributed by atoms with E-state index in [1.54, 1.807) is 24.3 Å². The number of fused-ring (bicyclic) bond motifs is 1. The van der Waals surface area contributed by atoms with Crippen LogP contribution in [0.15, 0.2) is 46.0 Å². The van der Waals surface area contributed by atoms with Crippen LogP contribution in [0.5, 0.6) is 0 Å². The molecule has 158 valence electrons. The van der Waals surface area contributed by atoms with Gasteiger partial charge in [-0.2, -0.15) is 13.2 Å². The van der Waals surface area contributed by atoms with Crippen LogP contribution in [0.2, 0.25) is 5.02 Å². The van der Waals surface area contributed by atoms with Crippen molar-refractivity contribution in [2.45, 2.75) is 25.7 Å². The van der Waals surface area contributed by atoms with Gasteiger partial charge in [-0.25, -0.2) is 9.78 Å². The monoisotopic (exact) mass is 440 g/mol. The summed E-state index contributed by atoms with van der Waals surface area (Å²) < 4.78 is 40.3. The van der Waals surface area contributed by atoms with E-state index in [1.807, 2.05) is 0 Å². The normalized spacial score (nSPS) is 11.6. The summed E-state index contributed by atoms with van der Waals surface area (Å²) in [6.07, 6.45) is -4.89. The Morgan fingerprint density at radius 2 is 1.87 bits per heavy atom. The fourth-order valence-corrected chi connectivity index (χ4v) is 3.07. The van der Waals surface area contributed by atoms with E-state index in [9.17, 15) is 27.6 Å². The van der Waals surface area contributed by atoms with Gasteiger partial charge in [-0.3, -0.25) is 18.7 Å². The van der Waals surface area contributed by atoms with Gasteiger partial charge in [-0.15, -0.1) is 0 Å². The number of hydrogen-bond acceptors (Lipinski definition) is 4. The van der Waals surface area contributed by atoms with Crippen molar-refractivity contribution < 1.29 is 18.0 Å². The number of aromatic nitrogens is 3. The summed E-state index contributed by atoms with van der Waals surface area (Å²) in [6.45, 7) is -0.0654. The van der Waals surface area contributed by atoms with Gasteiger partial charge >= 0.3 is 11.9 Å². The molecule has 3 rings (SSSR count). The molecule has 0 radical (unpaired) electrons. The standard InChI is InChI=1S/C19H16ClF3N4O3/c1-26-16-12(6-7-14(25-16)19(21,22)23)17(29)27(18(26)30)9-8-15(28)24-10-11-4-2-3-5-13(11)20/h2-7H,8-10H2,1H3,(H,24,28). The Bertz CT molecular complexity index is 1230. The largest absolute Gasteiger partial charge is 0.433 e. The SMILES string of the molecule is Cn1c(=O)n(CCC(=O)NCc2ccccc2Cl)c(=O)c2ccc(C(F)(F)F)nc21. The van der Waals surface area contributed by atoms with Crippen molar-refractivity contribution in [3.05, 3.63) is 73.5 Å². The molecule has 1 N–H and O–H groups in total. The van der Waals surface area contributed by atoms with E-state index < -0.39 is 29.0 Å². The minimum absolute atomic E-state index is 0.151. The van der Waals surface area contributed by atoms with E-state index in [2.05, 4.69) is 10.3 Å². The first-order valence-electron chi connectivity index (χ1n) is 8.77. The van der Waals surface area contributed by atoms with E-state index in [4.69, 9.17) is 11.6 Å². The maximum Gasteiger partial charge on any atom is 0.433 e. The summed E-state index contributed by atoms with van der Waals surface area (Å²) in [6, 6.07) is 8.59. The maximum atomic E-state index is 12.9. The molecule has 0 aliphatic carbocycles. The average Bonchev–Trinajstić information content (AvgIpc) is 2.70. The molecular weight excluding hydrogens is 425 g/mol. The molecule has 0 fully saturated rings. The summed E-state index contributed by atoms with van der Waals surface area (Å²) in [4.78, 5) is 40.6. The highest BCUT2D eigenvalue weighted by atomic mass is 35.5. The molecule has 30 heavy (non-hydrogen) atoms. The van der Waals surface area contributed by atoms with Gasteiger partial charge in [0, 0.05) is 31.6 Å². The van der Waals surface area contributed by atoms with Gasteiger partial charge < -0.3 is 5.32 Å². The highest BCUT2D eigenvalue weighted by Gasteiger charge is 2.33. The molecule has 7 nitrogen and oxygen atoms in total. The van der Waals surface area contributed by atoms with Gasteiger partial charge in [0.05, 0.1) is 5.39 Å². The van der Waals surface area contributed by atoms with Gasteiger partial charge in [0.25, 0.3) is 5.56 Å². The van der Waals surface area contributed by atoms with E-state index in [1.165, 1.54) is 7.05 Å². The molecule has 0 saturated heterocycles. The molecule has 1 aromatic carbocycles. The molecule has 11 heteroatoms. The van der Waals surface area contributed by atoms with Crippen LogP contribution < -0.4 is 16.6 Å². The summed E-state index contributed by atoms with van der Waals surface area (Å²) in [5.74, 6) is -0.422. The lowest BCUT2D eigenvalue weighted by Gasteiger charge is -2.12. The fraction of sp³-hybridized carbons (Fsp3) is 0.263. The fourth-order valence-electron chi connectivity index (χ4n) is 2.87. The predicted molar refractivity (Wildman–Crippen MR) is 104 cm³/mol. The number of amides is 1. The minimum atomic E-state index is -4.71. The third-order valence-corrected chi connectivity index (χ3v) is 4.84. The van der Waals surface area contributed by atoms with Crippen molar-refractivity contribution in [1.82, 2.24) is 19.4 Å². The molecule has 3 aromatic rings. The number of aryl methyl sites for hydroxylation is 1. The Kier molecular flexibility index (Phi) is 5.97. The molecule has 0 aliphatic rings. The number of alkyl halides is 3. The lowest BCUT2D eigenvalue weighted by molar-refractivity contribution is -0.141. The Hall–Kier alpha value is -3.14. The number of halogens is 4. The van der Waals surface area contributed by atoms with Crippen LogP contribution in [0.3, 0.4) is 0 Å². The zero-order valence-corrected chi connectivity index (χ0v) is 16.4. The summed E-state index contributed by atoms with van der Waals surface area (Å²) >= 11 is 6.02. The Morgan fingerprint density at radius 3 is 2.53 bits per heavy atom. The molecule has 2 heterocycles. The molecule has 1 amide bonds. The number of carbonyl (C=O) groups excluding carboxylic acids is 1. The van der Waals surface area contributed by atoms with Crippen molar-refractivity contribution in [2.75, 3.05) is 0 Å². The Labute approximate surface area is 172 Å². The molecule has 0 aliphatic heterocycles. The highest BCUT2D eigenvalue weighted by Crippen LogP contribution is 2.28. The smallest absolute Gasteiger partial charge is 0.352 e. The first kappa shape index (κ1) is 21.6. The van der Waals surface area contributed by atoms with Crippen molar-refractivity contribution in [3.8, 4) is 0 Å². The van der Waals surface area contributed by atoms with E-state index in [0.29, 0.717) is 16.7 Å². The molecule has 0 spiro atoms. The van der Waals surface area contributed by atoms with Crippen LogP contribution in [-0.4, -0.2) is 20.0 Å². The Morgan fingerprint density at radius 1 is 1.17 bits per heavy atom. The number of nitrogens with one attached hydrogen (secondary N) is 1. The van der Waals surface area contributed by atoms with Crippen molar-refractivity contribution in [2.24, 2.45) is 7.05 Å². The maximum absolute atomic E-state index is 12.9. The van der Waals surface area contributed by atoms with Crippen molar-refractivity contribution >= 4 is 28.5 Å². The second-order valence-corrected chi connectivity index (χ2v) is 6.89. The second-order valence-electron chi connectivity index (χ2n) is 6.48. The molecule has 0 bridgehead atoms. The van der Waals surface area contributed by atoms with Gasteiger partial charge in [-0.1, -0.05) is 29.8 Å². The molecular formula is C19H16ClF3N4O3. The second kappa shape index (κ2) is 8.31. The molecule has 2 aromatic heterocycles. The van der Waals surface area contributed by atoms with E-state index in [-0.39, 0.29) is 30.5 Å². The minimum Gasteiger partial charge on any atom is -0.352 e. The summed E-state index contributed by atoms with van der Waals surface area (Å²) in [5.41, 5.74) is -2.55.